The number of nitrogens with two attached hydrogens (primary N) is 1. The van der Waals surface area contributed by atoms with E-state index in [4.69, 9.17) is 15.6 Å². The van der Waals surface area contributed by atoms with Gasteiger partial charge < -0.3 is 15.6 Å². The average molecular weight is 195 g/mol. The van der Waals surface area contributed by atoms with E-state index in [1.165, 1.54) is 19.2 Å². The second-order valence-corrected chi connectivity index (χ2v) is 2.59. The zero-order valence-corrected chi connectivity index (χ0v) is 7.48. The first kappa shape index (κ1) is 10.0. The maximum absolute atomic E-state index is 11.1. The lowest BCUT2D eigenvalue weighted by molar-refractivity contribution is -0.131. The van der Waals surface area contributed by atoms with Crippen molar-refractivity contribution in [1.82, 2.24) is 0 Å². The molecule has 74 valence electrons. The number of carboxylic acids is 1. The van der Waals surface area contributed by atoms with Crippen molar-refractivity contribution < 1.29 is 19.4 Å². The van der Waals surface area contributed by atoms with E-state index in [1.54, 1.807) is 6.07 Å². The summed E-state index contributed by atoms with van der Waals surface area (Å²) < 4.78 is 4.84. The fourth-order valence-corrected chi connectivity index (χ4v) is 0.974. The Balaban J connectivity index is 3.19. The van der Waals surface area contributed by atoms with Gasteiger partial charge in [0.05, 0.1) is 12.7 Å². The molecule has 0 saturated heterocycles. The Bertz CT molecular complexity index is 386. The first-order valence-electron chi connectivity index (χ1n) is 3.77. The van der Waals surface area contributed by atoms with Crippen LogP contribution >= 0.6 is 0 Å². The number of methoxy groups -OCH3 is 1. The molecule has 0 unspecified atom stereocenters. The van der Waals surface area contributed by atoms with Crippen LogP contribution in [0.5, 0.6) is 5.75 Å². The van der Waals surface area contributed by atoms with Gasteiger partial charge in [-0.2, -0.15) is 0 Å². The van der Waals surface area contributed by atoms with Crippen LogP contribution < -0.4 is 10.5 Å². The Morgan fingerprint density at radius 1 is 1.43 bits per heavy atom. The molecule has 5 heteroatoms. The van der Waals surface area contributed by atoms with Crippen molar-refractivity contribution in [3.63, 3.8) is 0 Å². The van der Waals surface area contributed by atoms with Gasteiger partial charge in [0.15, 0.2) is 0 Å². The third-order valence-corrected chi connectivity index (χ3v) is 1.70. The van der Waals surface area contributed by atoms with E-state index < -0.39 is 11.8 Å². The molecule has 0 spiro atoms. The SMILES string of the molecule is COc1ccc(N)c(C(=O)C(=O)O)c1. The van der Waals surface area contributed by atoms with Crippen molar-refractivity contribution >= 4 is 17.4 Å². The molecule has 1 rings (SSSR count). The summed E-state index contributed by atoms with van der Waals surface area (Å²) >= 11 is 0. The molecular weight excluding hydrogens is 186 g/mol. The zero-order chi connectivity index (χ0) is 10.7. The molecule has 0 heterocycles. The number of hydrogen-bond acceptors (Lipinski definition) is 4. The van der Waals surface area contributed by atoms with Gasteiger partial charge in [0.25, 0.3) is 5.78 Å². The molecule has 0 amide bonds. The Hall–Kier alpha value is -2.04. The van der Waals surface area contributed by atoms with Crippen molar-refractivity contribution in [3.05, 3.63) is 23.8 Å². The van der Waals surface area contributed by atoms with Gasteiger partial charge in [0, 0.05) is 5.69 Å². The lowest BCUT2D eigenvalue weighted by atomic mass is 10.1. The summed E-state index contributed by atoms with van der Waals surface area (Å²) in [7, 11) is 1.42. The number of ether oxygens (including phenoxy) is 1. The molecule has 0 atom stereocenters. The number of aliphatic carboxylic acids is 1. The van der Waals surface area contributed by atoms with Crippen LogP contribution in [0.3, 0.4) is 0 Å². The summed E-state index contributed by atoms with van der Waals surface area (Å²) in [5.41, 5.74) is 5.51. The summed E-state index contributed by atoms with van der Waals surface area (Å²) in [4.78, 5) is 21.5. The molecule has 0 saturated carbocycles. The van der Waals surface area contributed by atoms with E-state index in [1.807, 2.05) is 0 Å². The van der Waals surface area contributed by atoms with Gasteiger partial charge in [-0.15, -0.1) is 0 Å². The smallest absolute Gasteiger partial charge is 0.377 e. The summed E-state index contributed by atoms with van der Waals surface area (Å²) in [5, 5.41) is 8.48. The standard InChI is InChI=1S/C9H9NO4/c1-14-5-2-3-7(10)6(4-5)8(11)9(12)13/h2-4H,10H2,1H3,(H,12,13). The summed E-state index contributed by atoms with van der Waals surface area (Å²) in [5.74, 6) is -2.19. The number of carbonyl (C=O) groups is 2. The maximum atomic E-state index is 11.1. The predicted molar refractivity (Wildman–Crippen MR) is 49.4 cm³/mol. The minimum absolute atomic E-state index is 0.0585. The highest BCUT2D eigenvalue weighted by Gasteiger charge is 2.17. The van der Waals surface area contributed by atoms with Crippen molar-refractivity contribution in [1.29, 1.82) is 0 Å². The minimum Gasteiger partial charge on any atom is -0.497 e. The van der Waals surface area contributed by atoms with Gasteiger partial charge in [0.1, 0.15) is 5.75 Å². The van der Waals surface area contributed by atoms with Crippen LogP contribution in [0.25, 0.3) is 0 Å². The normalized spacial score (nSPS) is 9.50. The molecule has 0 aliphatic heterocycles. The number of rotatable bonds is 3. The quantitative estimate of drug-likeness (QED) is 0.417. The highest BCUT2D eigenvalue weighted by atomic mass is 16.5. The van der Waals surface area contributed by atoms with Gasteiger partial charge in [-0.1, -0.05) is 0 Å². The van der Waals surface area contributed by atoms with Gasteiger partial charge in [-0.3, -0.25) is 4.79 Å². The Labute approximate surface area is 80.1 Å². The molecule has 5 nitrogen and oxygen atoms in total. The fourth-order valence-electron chi connectivity index (χ4n) is 0.974. The highest BCUT2D eigenvalue weighted by molar-refractivity contribution is 6.41. The van der Waals surface area contributed by atoms with Gasteiger partial charge in [0.2, 0.25) is 0 Å². The molecule has 0 aliphatic carbocycles. The second-order valence-electron chi connectivity index (χ2n) is 2.59. The number of ketones is 1. The van der Waals surface area contributed by atoms with Gasteiger partial charge in [-0.05, 0) is 18.2 Å². The number of nitrogen functional groups attached to an aromatic ring is 1. The first-order valence-corrected chi connectivity index (χ1v) is 3.77. The minimum atomic E-state index is -1.54. The molecule has 0 aliphatic rings. The third-order valence-electron chi connectivity index (χ3n) is 1.70. The molecule has 1 aromatic carbocycles. The van der Waals surface area contributed by atoms with E-state index in [2.05, 4.69) is 0 Å². The van der Waals surface area contributed by atoms with Crippen LogP contribution in [0, 0.1) is 0 Å². The van der Waals surface area contributed by atoms with E-state index in [9.17, 15) is 9.59 Å². The number of anilines is 1. The predicted octanol–water partition coefficient (Wildman–Crippen LogP) is 0.545. The van der Waals surface area contributed by atoms with Gasteiger partial charge >= 0.3 is 5.97 Å². The molecule has 0 bridgehead atoms. The van der Waals surface area contributed by atoms with E-state index in [-0.39, 0.29) is 11.3 Å². The van der Waals surface area contributed by atoms with Crippen molar-refractivity contribution in [2.45, 2.75) is 0 Å². The largest absolute Gasteiger partial charge is 0.497 e. The monoisotopic (exact) mass is 195 g/mol. The lowest BCUT2D eigenvalue weighted by Crippen LogP contribution is -2.14. The van der Waals surface area contributed by atoms with Crippen molar-refractivity contribution in [2.24, 2.45) is 0 Å². The maximum Gasteiger partial charge on any atom is 0.377 e. The van der Waals surface area contributed by atoms with Crippen LogP contribution in [-0.4, -0.2) is 24.0 Å². The number of carboxylic acid groups (broad SMARTS) is 1. The number of benzene rings is 1. The zero-order valence-electron chi connectivity index (χ0n) is 7.48. The van der Waals surface area contributed by atoms with Crippen LogP contribution in [0.15, 0.2) is 18.2 Å². The fraction of sp³-hybridized carbons (Fsp3) is 0.111. The first-order chi connectivity index (χ1) is 6.56. The van der Waals surface area contributed by atoms with Crippen molar-refractivity contribution in [2.75, 3.05) is 12.8 Å². The van der Waals surface area contributed by atoms with Crippen molar-refractivity contribution in [3.8, 4) is 5.75 Å². The Kier molecular flexibility index (Phi) is 2.71. The summed E-state index contributed by atoms with van der Waals surface area (Å²) in [6.45, 7) is 0. The molecule has 1 aromatic rings. The molecular formula is C9H9NO4. The van der Waals surface area contributed by atoms with Crippen LogP contribution in [0.2, 0.25) is 0 Å². The Morgan fingerprint density at radius 2 is 2.07 bits per heavy atom. The molecule has 0 fully saturated rings. The number of carbonyl (C=O) groups excluding carboxylic acids is 1. The number of Topliss-reactive ketones (excluding diaryl/α,β-unsaturated/α-hetero) is 1. The lowest BCUT2D eigenvalue weighted by Gasteiger charge is -2.04. The molecule has 14 heavy (non-hydrogen) atoms. The number of hydrogen-bond donors (Lipinski definition) is 2. The molecule has 3 N–H and O–H groups in total. The van der Waals surface area contributed by atoms with E-state index in [0.717, 1.165) is 0 Å². The second kappa shape index (κ2) is 3.78. The van der Waals surface area contributed by atoms with E-state index in [0.29, 0.717) is 5.75 Å². The molecule has 0 aromatic heterocycles. The summed E-state index contributed by atoms with van der Waals surface area (Å²) in [6, 6.07) is 4.27. The summed E-state index contributed by atoms with van der Waals surface area (Å²) in [6.07, 6.45) is 0. The van der Waals surface area contributed by atoms with Crippen LogP contribution in [0.1, 0.15) is 10.4 Å². The third kappa shape index (κ3) is 1.82. The Morgan fingerprint density at radius 3 is 2.57 bits per heavy atom. The van der Waals surface area contributed by atoms with Gasteiger partial charge in [-0.25, -0.2) is 4.79 Å². The van der Waals surface area contributed by atoms with Crippen LogP contribution in [-0.2, 0) is 4.79 Å². The van der Waals surface area contributed by atoms with Crippen LogP contribution in [0.4, 0.5) is 5.69 Å². The van der Waals surface area contributed by atoms with E-state index >= 15 is 0 Å². The molecule has 0 radical (unpaired) electrons. The average Bonchev–Trinajstić information content (AvgIpc) is 2.17. The topological polar surface area (TPSA) is 89.6 Å². The highest BCUT2D eigenvalue weighted by Crippen LogP contribution is 2.19.